The highest BCUT2D eigenvalue weighted by Crippen LogP contribution is 2.44. The summed E-state index contributed by atoms with van der Waals surface area (Å²) in [5.41, 5.74) is 3.60. The van der Waals surface area contributed by atoms with E-state index >= 15 is 4.39 Å². The van der Waals surface area contributed by atoms with Crippen LogP contribution in [0.25, 0.3) is 16.5 Å². The number of nitrogens with one attached hydrogen (secondary N) is 2. The van der Waals surface area contributed by atoms with Crippen LogP contribution >= 0.6 is 23.2 Å². The molecule has 0 radical (unpaired) electrons. The number of halogens is 4. The molecular formula is C44H46Cl2F2N6O6S. The molecule has 17 heteroatoms. The number of hydrogen-bond acceptors (Lipinski definition) is 10. The third-order valence-electron chi connectivity index (χ3n) is 11.6. The molecule has 12 nitrogen and oxygen atoms in total. The van der Waals surface area contributed by atoms with Crippen LogP contribution < -0.4 is 19.1 Å². The van der Waals surface area contributed by atoms with Crippen molar-refractivity contribution in [3.05, 3.63) is 106 Å². The van der Waals surface area contributed by atoms with Gasteiger partial charge in [0.15, 0.2) is 0 Å². The molecule has 2 saturated heterocycles. The largest absolute Gasteiger partial charge is 0.473 e. The number of benzene rings is 3. The molecule has 5 aromatic rings. The van der Waals surface area contributed by atoms with Gasteiger partial charge < -0.3 is 19.1 Å². The number of allylic oxidation sites excluding steroid dienone is 1. The zero-order valence-electron chi connectivity index (χ0n) is 33.8. The topological polar surface area (TPSA) is 139 Å². The van der Waals surface area contributed by atoms with Gasteiger partial charge in [0.2, 0.25) is 5.88 Å². The standard InChI is InChI=1S/C44H46Cl2F2N6O6S/c1-43(2)10-9-29(35(23-43)28-3-5-30(45)6-4-28)26-53-13-15-54(16-14-53)32-7-8-34(40(21-32)60-39-20-31(47)19-38-36(39)25-50-51-38)41(55)52-61(56,57)33-22-37(46)42(49-24-33)59-27-44(48)11-17-58-18-12-44/h3-8,19-22,24-25H,9-18,23,26-27H2,1-2H3,(H,50,51)(H,52,55). The first kappa shape index (κ1) is 42.9. The highest BCUT2D eigenvalue weighted by Gasteiger charge is 2.34. The lowest BCUT2D eigenvalue weighted by Gasteiger charge is -2.39. The molecule has 1 amide bonds. The second-order valence-corrected chi connectivity index (χ2v) is 19.2. The molecule has 0 atom stereocenters. The lowest BCUT2D eigenvalue weighted by atomic mass is 9.72. The molecule has 322 valence electrons. The average Bonchev–Trinajstić information content (AvgIpc) is 3.70. The molecule has 0 unspecified atom stereocenters. The van der Waals surface area contributed by atoms with Crippen LogP contribution in [0, 0.1) is 11.2 Å². The highest BCUT2D eigenvalue weighted by atomic mass is 35.5. The predicted octanol–water partition coefficient (Wildman–Crippen LogP) is 9.00. The number of piperazine rings is 1. The van der Waals surface area contributed by atoms with Gasteiger partial charge in [-0.05, 0) is 72.2 Å². The van der Waals surface area contributed by atoms with E-state index in [0.29, 0.717) is 29.0 Å². The van der Waals surface area contributed by atoms with Crippen LogP contribution in [0.15, 0.2) is 83.5 Å². The fourth-order valence-corrected chi connectivity index (χ4v) is 9.39. The van der Waals surface area contributed by atoms with Crippen molar-refractivity contribution < 1.29 is 36.2 Å². The molecule has 2 aromatic heterocycles. The molecule has 0 saturated carbocycles. The minimum absolute atomic E-state index is 0.00326. The van der Waals surface area contributed by atoms with Crippen LogP contribution in [0.1, 0.15) is 61.9 Å². The quantitative estimate of drug-likeness (QED) is 0.125. The number of fused-ring (bicyclic) bond motifs is 1. The van der Waals surface area contributed by atoms with E-state index in [9.17, 15) is 17.6 Å². The Morgan fingerprint density at radius 1 is 0.967 bits per heavy atom. The van der Waals surface area contributed by atoms with E-state index in [0.717, 1.165) is 56.8 Å². The summed E-state index contributed by atoms with van der Waals surface area (Å²) in [4.78, 5) is 22.1. The third kappa shape index (κ3) is 9.97. The van der Waals surface area contributed by atoms with E-state index in [1.807, 2.05) is 12.1 Å². The molecule has 0 spiro atoms. The maximum atomic E-state index is 15.1. The summed E-state index contributed by atoms with van der Waals surface area (Å²) >= 11 is 12.6. The van der Waals surface area contributed by atoms with E-state index < -0.39 is 32.3 Å². The van der Waals surface area contributed by atoms with Crippen LogP contribution in [0.4, 0.5) is 14.5 Å². The van der Waals surface area contributed by atoms with Gasteiger partial charge in [0.25, 0.3) is 15.9 Å². The Balaban J connectivity index is 1.01. The predicted molar refractivity (Wildman–Crippen MR) is 231 cm³/mol. The maximum Gasteiger partial charge on any atom is 0.268 e. The maximum absolute atomic E-state index is 15.1. The van der Waals surface area contributed by atoms with Gasteiger partial charge in [0, 0.05) is 81.6 Å². The Hall–Kier alpha value is -4.80. The van der Waals surface area contributed by atoms with E-state index in [1.165, 1.54) is 41.1 Å². The minimum Gasteiger partial charge on any atom is -0.473 e. The number of aromatic amines is 1. The zero-order chi connectivity index (χ0) is 42.9. The normalized spacial score (nSPS) is 18.3. The monoisotopic (exact) mass is 894 g/mol. The number of anilines is 1. The molecule has 8 rings (SSSR count). The number of sulfonamides is 1. The van der Waals surface area contributed by atoms with E-state index in [4.69, 9.17) is 37.4 Å². The fraction of sp³-hybridized carbons (Fsp3) is 0.386. The first-order valence-corrected chi connectivity index (χ1v) is 22.4. The van der Waals surface area contributed by atoms with Crippen molar-refractivity contribution in [2.45, 2.75) is 56.5 Å². The van der Waals surface area contributed by atoms with Crippen molar-refractivity contribution in [2.75, 3.05) is 57.4 Å². The van der Waals surface area contributed by atoms with E-state index in [-0.39, 0.29) is 66.0 Å². The minimum atomic E-state index is -4.54. The number of pyridine rings is 1. The van der Waals surface area contributed by atoms with Gasteiger partial charge in [-0.15, -0.1) is 0 Å². The van der Waals surface area contributed by atoms with Crippen LogP contribution in [0.2, 0.25) is 10.0 Å². The van der Waals surface area contributed by atoms with Crippen LogP contribution in [-0.4, -0.2) is 92.6 Å². The number of hydrogen-bond donors (Lipinski definition) is 2. The number of carbonyl (C=O) groups is 1. The molecular weight excluding hydrogens is 849 g/mol. The summed E-state index contributed by atoms with van der Waals surface area (Å²) < 4.78 is 76.0. The second-order valence-electron chi connectivity index (χ2n) is 16.7. The van der Waals surface area contributed by atoms with Gasteiger partial charge in [0.1, 0.15) is 39.5 Å². The number of carbonyl (C=O) groups excluding carboxylic acids is 1. The Kier molecular flexibility index (Phi) is 12.3. The summed E-state index contributed by atoms with van der Waals surface area (Å²) in [6.45, 7) is 8.58. The van der Waals surface area contributed by atoms with Crippen molar-refractivity contribution in [3.63, 3.8) is 0 Å². The van der Waals surface area contributed by atoms with Crippen LogP contribution in [0.5, 0.6) is 17.4 Å². The molecule has 2 fully saturated rings. The lowest BCUT2D eigenvalue weighted by Crippen LogP contribution is -2.47. The number of ether oxygens (including phenoxy) is 3. The first-order chi connectivity index (χ1) is 29.1. The Morgan fingerprint density at radius 3 is 2.46 bits per heavy atom. The highest BCUT2D eigenvalue weighted by molar-refractivity contribution is 7.90. The lowest BCUT2D eigenvalue weighted by molar-refractivity contribution is -0.0331. The van der Waals surface area contributed by atoms with Crippen LogP contribution in [0.3, 0.4) is 0 Å². The Bertz CT molecular complexity index is 2570. The molecule has 1 aliphatic carbocycles. The fourth-order valence-electron chi connectivity index (χ4n) is 8.04. The summed E-state index contributed by atoms with van der Waals surface area (Å²) in [6.07, 6.45) is 5.86. The molecule has 3 aliphatic rings. The SMILES string of the molecule is CC1(C)CCC(CN2CCN(c3ccc(C(=O)NS(=O)(=O)c4cnc(OCC5(F)CCOCC5)c(Cl)c4)c(Oc4cc(F)cc5[nH]ncc45)c3)CC2)=C(c2ccc(Cl)cc2)C1. The van der Waals surface area contributed by atoms with Crippen molar-refractivity contribution in [2.24, 2.45) is 5.41 Å². The molecule has 4 heterocycles. The number of alkyl halides is 1. The van der Waals surface area contributed by atoms with Crippen molar-refractivity contribution >= 4 is 61.3 Å². The molecule has 2 aliphatic heterocycles. The number of amides is 1. The summed E-state index contributed by atoms with van der Waals surface area (Å²) in [5, 5.41) is 7.72. The Morgan fingerprint density at radius 2 is 1.72 bits per heavy atom. The van der Waals surface area contributed by atoms with Gasteiger partial charge in [-0.25, -0.2) is 26.9 Å². The van der Waals surface area contributed by atoms with Crippen molar-refractivity contribution in [1.29, 1.82) is 0 Å². The summed E-state index contributed by atoms with van der Waals surface area (Å²) in [6, 6.07) is 16.5. The van der Waals surface area contributed by atoms with E-state index in [1.54, 1.807) is 12.1 Å². The molecule has 2 N–H and O–H groups in total. The third-order valence-corrected chi connectivity index (χ3v) is 13.4. The van der Waals surface area contributed by atoms with Crippen molar-refractivity contribution in [1.82, 2.24) is 24.8 Å². The van der Waals surface area contributed by atoms with Gasteiger partial charge in [-0.1, -0.05) is 54.8 Å². The number of H-pyrrole nitrogens is 1. The number of nitrogens with zero attached hydrogens (tertiary/aromatic N) is 4. The van der Waals surface area contributed by atoms with Gasteiger partial charge in [-0.3, -0.25) is 14.8 Å². The summed E-state index contributed by atoms with van der Waals surface area (Å²) in [7, 11) is -4.54. The molecule has 3 aromatic carbocycles. The Labute approximate surface area is 363 Å². The van der Waals surface area contributed by atoms with Gasteiger partial charge in [0.05, 0.1) is 28.9 Å². The smallest absolute Gasteiger partial charge is 0.268 e. The second kappa shape index (κ2) is 17.5. The van der Waals surface area contributed by atoms with Crippen LogP contribution in [-0.2, 0) is 14.8 Å². The number of aromatic nitrogens is 3. The van der Waals surface area contributed by atoms with Gasteiger partial charge in [-0.2, -0.15) is 5.10 Å². The zero-order valence-corrected chi connectivity index (χ0v) is 36.1. The molecule has 61 heavy (non-hydrogen) atoms. The first-order valence-electron chi connectivity index (χ1n) is 20.1. The number of rotatable bonds is 12. The van der Waals surface area contributed by atoms with Crippen molar-refractivity contribution in [3.8, 4) is 17.4 Å². The van der Waals surface area contributed by atoms with E-state index in [2.05, 4.69) is 55.7 Å². The summed E-state index contributed by atoms with van der Waals surface area (Å²) in [5.74, 6) is -1.69. The average molecular weight is 896 g/mol. The van der Waals surface area contributed by atoms with Gasteiger partial charge >= 0.3 is 0 Å². The molecule has 0 bridgehead atoms.